The van der Waals surface area contributed by atoms with E-state index < -0.39 is 35.9 Å². The molecule has 1 aromatic heterocycles. The molecule has 0 aromatic carbocycles. The Kier molecular flexibility index (Phi) is 3.89. The van der Waals surface area contributed by atoms with Crippen LogP contribution >= 0.6 is 22.6 Å². The van der Waals surface area contributed by atoms with Gasteiger partial charge in [-0.05, 0) is 22.6 Å². The summed E-state index contributed by atoms with van der Waals surface area (Å²) in [4.78, 5) is 13.8. The first-order chi connectivity index (χ1) is 6.93. The number of hydrogen-bond donors (Lipinski definition) is 1. The molecular formula is C8H5F3INO2. The number of nitrogens with zero attached hydrogens (tertiary/aromatic N) is 1. The molecule has 0 aliphatic carbocycles. The molecule has 0 unspecified atom stereocenters. The van der Waals surface area contributed by atoms with Crippen molar-refractivity contribution in [1.82, 2.24) is 4.98 Å². The number of carbonyl (C=O) groups is 1. The zero-order valence-corrected chi connectivity index (χ0v) is 9.33. The molecule has 1 rings (SSSR count). The van der Waals surface area contributed by atoms with Crippen molar-refractivity contribution >= 4 is 28.6 Å². The fourth-order valence-electron chi connectivity index (χ4n) is 1.02. The van der Waals surface area contributed by atoms with E-state index in [2.05, 4.69) is 4.98 Å². The lowest BCUT2D eigenvalue weighted by Gasteiger charge is -2.08. The van der Waals surface area contributed by atoms with Gasteiger partial charge in [0.2, 0.25) is 0 Å². The van der Waals surface area contributed by atoms with E-state index in [0.717, 1.165) is 6.20 Å². The second-order valence-corrected chi connectivity index (χ2v) is 3.81. The Morgan fingerprint density at radius 3 is 2.67 bits per heavy atom. The van der Waals surface area contributed by atoms with Crippen LogP contribution < -0.4 is 0 Å². The molecule has 0 bridgehead atoms. The van der Waals surface area contributed by atoms with Gasteiger partial charge in [0, 0.05) is 6.20 Å². The van der Waals surface area contributed by atoms with Crippen LogP contribution in [0.15, 0.2) is 6.20 Å². The number of pyridine rings is 1. The van der Waals surface area contributed by atoms with Gasteiger partial charge < -0.3 is 5.11 Å². The second-order valence-electron chi connectivity index (χ2n) is 2.65. The quantitative estimate of drug-likeness (QED) is 0.866. The maximum Gasteiger partial charge on any atom is 0.309 e. The topological polar surface area (TPSA) is 50.2 Å². The van der Waals surface area contributed by atoms with Gasteiger partial charge in [-0.1, -0.05) is 0 Å². The minimum atomic E-state index is -3.07. The zero-order chi connectivity index (χ0) is 11.6. The minimum absolute atomic E-state index is 0.0583. The van der Waals surface area contributed by atoms with Crippen molar-refractivity contribution in [2.24, 2.45) is 0 Å². The number of carboxylic acid groups (broad SMARTS) is 1. The Balaban J connectivity index is 3.26. The maximum absolute atomic E-state index is 13.2. The highest BCUT2D eigenvalue weighted by atomic mass is 127. The lowest BCUT2D eigenvalue weighted by molar-refractivity contribution is -0.136. The highest BCUT2D eigenvalue weighted by molar-refractivity contribution is 14.1. The molecule has 0 spiro atoms. The van der Waals surface area contributed by atoms with E-state index in [-0.39, 0.29) is 3.57 Å². The molecular weight excluding hydrogens is 326 g/mol. The first-order valence-electron chi connectivity index (χ1n) is 3.76. The van der Waals surface area contributed by atoms with Crippen molar-refractivity contribution in [3.05, 3.63) is 26.8 Å². The predicted molar refractivity (Wildman–Crippen MR) is 53.2 cm³/mol. The number of carboxylic acids is 1. The second kappa shape index (κ2) is 4.77. The molecule has 1 N–H and O–H groups in total. The molecule has 0 radical (unpaired) electrons. The maximum atomic E-state index is 13.2. The van der Waals surface area contributed by atoms with Crippen LogP contribution in [0, 0.1) is 9.39 Å². The van der Waals surface area contributed by atoms with Gasteiger partial charge in [0.05, 0.1) is 21.2 Å². The molecule has 0 amide bonds. The first kappa shape index (κ1) is 12.2. The Morgan fingerprint density at radius 2 is 2.20 bits per heavy atom. The van der Waals surface area contributed by atoms with Crippen molar-refractivity contribution in [3.63, 3.8) is 0 Å². The summed E-state index contributed by atoms with van der Waals surface area (Å²) in [6.45, 7) is 0. The van der Waals surface area contributed by atoms with E-state index in [4.69, 9.17) is 5.11 Å². The third kappa shape index (κ3) is 2.80. The Morgan fingerprint density at radius 1 is 1.60 bits per heavy atom. The monoisotopic (exact) mass is 331 g/mol. The first-order valence-corrected chi connectivity index (χ1v) is 4.84. The van der Waals surface area contributed by atoms with Gasteiger partial charge >= 0.3 is 5.97 Å². The molecule has 82 valence electrons. The van der Waals surface area contributed by atoms with Crippen LogP contribution in [0.3, 0.4) is 0 Å². The smallest absolute Gasteiger partial charge is 0.309 e. The van der Waals surface area contributed by atoms with Crippen molar-refractivity contribution in [1.29, 1.82) is 0 Å². The van der Waals surface area contributed by atoms with Crippen molar-refractivity contribution in [2.45, 2.75) is 12.8 Å². The molecule has 1 heterocycles. The SMILES string of the molecule is O=C(O)Cc1ncc(I)c(F)c1C(F)F. The van der Waals surface area contributed by atoms with Gasteiger partial charge in [0.1, 0.15) is 5.82 Å². The number of aromatic nitrogens is 1. The summed E-state index contributed by atoms with van der Waals surface area (Å²) in [6.07, 6.45) is -2.75. The van der Waals surface area contributed by atoms with Gasteiger partial charge in [0.15, 0.2) is 0 Å². The van der Waals surface area contributed by atoms with E-state index >= 15 is 0 Å². The molecule has 0 fully saturated rings. The lowest BCUT2D eigenvalue weighted by Crippen LogP contribution is -2.09. The summed E-state index contributed by atoms with van der Waals surface area (Å²) in [5, 5.41) is 8.42. The number of halogens is 4. The van der Waals surface area contributed by atoms with Crippen molar-refractivity contribution in [3.8, 4) is 0 Å². The van der Waals surface area contributed by atoms with Crippen LogP contribution in [0.4, 0.5) is 13.2 Å². The van der Waals surface area contributed by atoms with E-state index in [0.29, 0.717) is 0 Å². The molecule has 0 saturated carbocycles. The summed E-state index contributed by atoms with van der Waals surface area (Å²) in [5.41, 5.74) is -1.36. The molecule has 0 saturated heterocycles. The zero-order valence-electron chi connectivity index (χ0n) is 7.18. The third-order valence-electron chi connectivity index (χ3n) is 1.63. The fraction of sp³-hybridized carbons (Fsp3) is 0.250. The summed E-state index contributed by atoms with van der Waals surface area (Å²) >= 11 is 1.52. The van der Waals surface area contributed by atoms with Crippen molar-refractivity contribution in [2.75, 3.05) is 0 Å². The molecule has 7 heteroatoms. The van der Waals surface area contributed by atoms with E-state index in [9.17, 15) is 18.0 Å². The summed E-state index contributed by atoms with van der Waals surface area (Å²) in [7, 11) is 0. The molecule has 1 aromatic rings. The van der Waals surface area contributed by atoms with E-state index in [1.807, 2.05) is 0 Å². The van der Waals surface area contributed by atoms with Gasteiger partial charge in [-0.2, -0.15) is 0 Å². The largest absolute Gasteiger partial charge is 0.481 e. The van der Waals surface area contributed by atoms with Gasteiger partial charge in [-0.15, -0.1) is 0 Å². The minimum Gasteiger partial charge on any atom is -0.481 e. The summed E-state index contributed by atoms with van der Waals surface area (Å²) < 4.78 is 38.1. The number of hydrogen-bond acceptors (Lipinski definition) is 2. The van der Waals surface area contributed by atoms with Gasteiger partial charge in [-0.3, -0.25) is 9.78 Å². The van der Waals surface area contributed by atoms with Crippen LogP contribution in [0.25, 0.3) is 0 Å². The van der Waals surface area contributed by atoms with E-state index in [1.54, 1.807) is 0 Å². The van der Waals surface area contributed by atoms with Gasteiger partial charge in [-0.25, -0.2) is 13.2 Å². The predicted octanol–water partition coefficient (Wildman–Crippen LogP) is 2.39. The summed E-state index contributed by atoms with van der Waals surface area (Å²) in [5.74, 6) is -2.43. The molecule has 0 atom stereocenters. The molecule has 0 aliphatic rings. The van der Waals surface area contributed by atoms with Crippen molar-refractivity contribution < 1.29 is 23.1 Å². The Bertz CT molecular complexity index is 398. The summed E-state index contributed by atoms with van der Waals surface area (Å²) in [6, 6.07) is 0. The molecule has 15 heavy (non-hydrogen) atoms. The molecule has 0 aliphatic heterocycles. The Hall–Kier alpha value is -0.860. The van der Waals surface area contributed by atoms with E-state index in [1.165, 1.54) is 22.6 Å². The lowest BCUT2D eigenvalue weighted by atomic mass is 10.1. The van der Waals surface area contributed by atoms with Crippen LogP contribution in [0.1, 0.15) is 17.7 Å². The van der Waals surface area contributed by atoms with Crippen LogP contribution in [-0.2, 0) is 11.2 Å². The van der Waals surface area contributed by atoms with Gasteiger partial charge in [0.25, 0.3) is 6.43 Å². The Labute approximate surface area is 96.5 Å². The average Bonchev–Trinajstić information content (AvgIpc) is 2.10. The molecule has 3 nitrogen and oxygen atoms in total. The standard InChI is InChI=1S/C8H5F3INO2/c9-7-3(12)2-13-4(1-5(14)15)6(7)8(10)11/h2,8H,1H2,(H,14,15). The fourth-order valence-corrected chi connectivity index (χ4v) is 1.45. The number of aliphatic carboxylic acids is 1. The third-order valence-corrected chi connectivity index (χ3v) is 2.38. The van der Waals surface area contributed by atoms with Crippen LogP contribution in [0.5, 0.6) is 0 Å². The highest BCUT2D eigenvalue weighted by Gasteiger charge is 2.23. The highest BCUT2D eigenvalue weighted by Crippen LogP contribution is 2.27. The average molecular weight is 331 g/mol. The normalized spacial score (nSPS) is 10.7. The number of alkyl halides is 2. The van der Waals surface area contributed by atoms with Crippen LogP contribution in [-0.4, -0.2) is 16.1 Å². The number of rotatable bonds is 3. The van der Waals surface area contributed by atoms with Crippen LogP contribution in [0.2, 0.25) is 0 Å².